The Balaban J connectivity index is 1.50. The first kappa shape index (κ1) is 21.9. The molecule has 34 heavy (non-hydrogen) atoms. The number of rotatable bonds is 6. The SMILES string of the molecule is O=C1Nc2ccc(C(=O)O)cc2C1=C(Nc1ccc(CN2CCCCC2)cc1)c1ccncc1. The van der Waals surface area contributed by atoms with E-state index in [-0.39, 0.29) is 11.5 Å². The second kappa shape index (κ2) is 9.49. The molecular formula is C27H26N4O3. The van der Waals surface area contributed by atoms with Gasteiger partial charge >= 0.3 is 5.97 Å². The number of likely N-dealkylation sites (tertiary alicyclic amines) is 1. The predicted octanol–water partition coefficient (Wildman–Crippen LogP) is 4.70. The van der Waals surface area contributed by atoms with Gasteiger partial charge in [-0.2, -0.15) is 0 Å². The Labute approximate surface area is 198 Å². The van der Waals surface area contributed by atoms with E-state index in [0.29, 0.717) is 22.5 Å². The number of hydrogen-bond acceptors (Lipinski definition) is 5. The third kappa shape index (κ3) is 4.56. The number of nitrogens with one attached hydrogen (secondary N) is 2. The number of benzene rings is 2. The van der Waals surface area contributed by atoms with Crippen LogP contribution in [0.5, 0.6) is 0 Å². The molecule has 1 amide bonds. The molecule has 0 radical (unpaired) electrons. The largest absolute Gasteiger partial charge is 0.478 e. The average molecular weight is 455 g/mol. The second-order valence-electron chi connectivity index (χ2n) is 8.66. The lowest BCUT2D eigenvalue weighted by Gasteiger charge is -2.26. The van der Waals surface area contributed by atoms with E-state index >= 15 is 0 Å². The van der Waals surface area contributed by atoms with Gasteiger partial charge in [0.2, 0.25) is 0 Å². The van der Waals surface area contributed by atoms with Crippen molar-refractivity contribution < 1.29 is 14.7 Å². The first-order chi connectivity index (χ1) is 16.6. The first-order valence-corrected chi connectivity index (χ1v) is 11.5. The van der Waals surface area contributed by atoms with Crippen LogP contribution >= 0.6 is 0 Å². The maximum atomic E-state index is 13.0. The number of carbonyl (C=O) groups is 2. The Morgan fingerprint density at radius 1 is 0.971 bits per heavy atom. The number of carboxylic acid groups (broad SMARTS) is 1. The Hall–Kier alpha value is -3.97. The minimum absolute atomic E-state index is 0.129. The highest BCUT2D eigenvalue weighted by molar-refractivity contribution is 6.37. The van der Waals surface area contributed by atoms with E-state index in [0.717, 1.165) is 30.9 Å². The highest BCUT2D eigenvalue weighted by Gasteiger charge is 2.29. The lowest BCUT2D eigenvalue weighted by Crippen LogP contribution is -2.29. The molecular weight excluding hydrogens is 428 g/mol. The fourth-order valence-electron chi connectivity index (χ4n) is 4.56. The Morgan fingerprint density at radius 2 is 1.71 bits per heavy atom. The van der Waals surface area contributed by atoms with E-state index in [9.17, 15) is 14.7 Å². The lowest BCUT2D eigenvalue weighted by molar-refractivity contribution is -0.110. The quantitative estimate of drug-likeness (QED) is 0.468. The zero-order chi connectivity index (χ0) is 23.5. The topological polar surface area (TPSA) is 94.6 Å². The molecule has 0 bridgehead atoms. The second-order valence-corrected chi connectivity index (χ2v) is 8.66. The predicted molar refractivity (Wildman–Crippen MR) is 132 cm³/mol. The van der Waals surface area contributed by atoms with Crippen molar-refractivity contribution in [1.29, 1.82) is 0 Å². The van der Waals surface area contributed by atoms with E-state index in [1.165, 1.54) is 37.0 Å². The van der Waals surface area contributed by atoms with Crippen LogP contribution in [0.2, 0.25) is 0 Å². The molecule has 2 aliphatic rings. The molecule has 0 atom stereocenters. The summed E-state index contributed by atoms with van der Waals surface area (Å²) in [6.07, 6.45) is 7.17. The maximum Gasteiger partial charge on any atom is 0.335 e. The van der Waals surface area contributed by atoms with Crippen molar-refractivity contribution in [3.8, 4) is 0 Å². The van der Waals surface area contributed by atoms with Crippen LogP contribution in [0.4, 0.5) is 11.4 Å². The molecule has 5 rings (SSSR count). The number of hydrogen-bond donors (Lipinski definition) is 3. The van der Waals surface area contributed by atoms with E-state index < -0.39 is 5.97 Å². The summed E-state index contributed by atoms with van der Waals surface area (Å²) in [5.41, 5.74) is 5.17. The van der Waals surface area contributed by atoms with Crippen LogP contribution in [0.15, 0.2) is 67.0 Å². The summed E-state index contributed by atoms with van der Waals surface area (Å²) in [7, 11) is 0. The molecule has 0 saturated carbocycles. The first-order valence-electron chi connectivity index (χ1n) is 11.5. The molecule has 1 aromatic heterocycles. The van der Waals surface area contributed by atoms with Crippen LogP contribution in [-0.4, -0.2) is 40.0 Å². The number of aromatic carboxylic acids is 1. The van der Waals surface area contributed by atoms with Crippen LogP contribution in [-0.2, 0) is 11.3 Å². The zero-order valence-corrected chi connectivity index (χ0v) is 18.8. The van der Waals surface area contributed by atoms with Gasteiger partial charge in [-0.3, -0.25) is 14.7 Å². The van der Waals surface area contributed by atoms with E-state index in [4.69, 9.17) is 0 Å². The van der Waals surface area contributed by atoms with Crippen molar-refractivity contribution in [3.05, 3.63) is 89.2 Å². The van der Waals surface area contributed by atoms with E-state index in [1.54, 1.807) is 18.5 Å². The molecule has 7 heteroatoms. The molecule has 1 saturated heterocycles. The van der Waals surface area contributed by atoms with Crippen molar-refractivity contribution in [2.75, 3.05) is 23.7 Å². The number of fused-ring (bicyclic) bond motifs is 1. The Bertz CT molecular complexity index is 1250. The Morgan fingerprint density at radius 3 is 2.41 bits per heavy atom. The van der Waals surface area contributed by atoms with Crippen molar-refractivity contribution in [3.63, 3.8) is 0 Å². The maximum absolute atomic E-state index is 13.0. The van der Waals surface area contributed by atoms with Gasteiger partial charge in [-0.05, 0) is 74.0 Å². The normalized spacial score (nSPS) is 17.1. The van der Waals surface area contributed by atoms with Crippen molar-refractivity contribution in [2.45, 2.75) is 25.8 Å². The summed E-state index contributed by atoms with van der Waals surface area (Å²) >= 11 is 0. The van der Waals surface area contributed by atoms with Crippen LogP contribution in [0.1, 0.15) is 46.3 Å². The summed E-state index contributed by atoms with van der Waals surface area (Å²) in [5.74, 6) is -1.32. The summed E-state index contributed by atoms with van der Waals surface area (Å²) in [6, 6.07) is 16.6. The summed E-state index contributed by atoms with van der Waals surface area (Å²) in [5, 5.41) is 15.7. The smallest absolute Gasteiger partial charge is 0.335 e. The monoisotopic (exact) mass is 454 g/mol. The van der Waals surface area contributed by atoms with Gasteiger partial charge in [0.05, 0.1) is 16.8 Å². The zero-order valence-electron chi connectivity index (χ0n) is 18.8. The molecule has 3 aromatic rings. The highest BCUT2D eigenvalue weighted by atomic mass is 16.4. The molecule has 0 aliphatic carbocycles. The average Bonchev–Trinajstić information content (AvgIpc) is 3.19. The minimum atomic E-state index is -1.04. The van der Waals surface area contributed by atoms with Gasteiger partial charge in [-0.1, -0.05) is 18.6 Å². The van der Waals surface area contributed by atoms with Gasteiger partial charge in [0.1, 0.15) is 0 Å². The van der Waals surface area contributed by atoms with Crippen LogP contribution in [0, 0.1) is 0 Å². The molecule has 1 fully saturated rings. The minimum Gasteiger partial charge on any atom is -0.478 e. The van der Waals surface area contributed by atoms with E-state index in [2.05, 4.69) is 32.7 Å². The molecule has 0 unspecified atom stereocenters. The third-order valence-corrected chi connectivity index (χ3v) is 6.31. The van der Waals surface area contributed by atoms with Crippen molar-refractivity contribution in [2.24, 2.45) is 0 Å². The molecule has 172 valence electrons. The van der Waals surface area contributed by atoms with Crippen LogP contribution in [0.3, 0.4) is 0 Å². The standard InChI is InChI=1S/C27H26N4O3/c32-26-24(22-16-20(27(33)34)6-9-23(22)30-26)25(19-10-12-28-13-11-19)29-21-7-4-18(5-8-21)17-31-14-2-1-3-15-31/h4-13,16,29H,1-3,14-15,17H2,(H,30,32)(H,33,34). The number of pyridine rings is 1. The van der Waals surface area contributed by atoms with Crippen molar-refractivity contribution >= 4 is 34.5 Å². The van der Waals surface area contributed by atoms with E-state index in [1.807, 2.05) is 24.3 Å². The van der Waals surface area contributed by atoms with Crippen LogP contribution in [0.25, 0.3) is 11.3 Å². The van der Waals surface area contributed by atoms with Crippen molar-refractivity contribution in [1.82, 2.24) is 9.88 Å². The molecule has 3 N–H and O–H groups in total. The molecule has 2 aromatic carbocycles. The van der Waals surface area contributed by atoms with Gasteiger partial charge in [0.25, 0.3) is 5.91 Å². The summed E-state index contributed by atoms with van der Waals surface area (Å²) in [4.78, 5) is 31.1. The lowest BCUT2D eigenvalue weighted by atomic mass is 9.99. The van der Waals surface area contributed by atoms with Gasteiger partial charge in [0, 0.05) is 41.4 Å². The van der Waals surface area contributed by atoms with Crippen LogP contribution < -0.4 is 10.6 Å². The molecule has 7 nitrogen and oxygen atoms in total. The molecule has 3 heterocycles. The Kier molecular flexibility index (Phi) is 6.10. The number of aromatic nitrogens is 1. The fraction of sp³-hybridized carbons (Fsp3) is 0.222. The third-order valence-electron chi connectivity index (χ3n) is 6.31. The number of amides is 1. The molecule has 0 spiro atoms. The van der Waals surface area contributed by atoms with Gasteiger partial charge < -0.3 is 15.7 Å². The number of carboxylic acids is 1. The molecule has 2 aliphatic heterocycles. The summed E-state index contributed by atoms with van der Waals surface area (Å²) in [6.45, 7) is 3.22. The van der Waals surface area contributed by atoms with Gasteiger partial charge in [0.15, 0.2) is 0 Å². The number of carbonyl (C=O) groups excluding carboxylic acids is 1. The number of nitrogens with zero attached hydrogens (tertiary/aromatic N) is 2. The number of anilines is 2. The summed E-state index contributed by atoms with van der Waals surface area (Å²) < 4.78 is 0. The number of piperidine rings is 1. The fourth-order valence-corrected chi connectivity index (χ4v) is 4.56. The van der Waals surface area contributed by atoms with Gasteiger partial charge in [-0.25, -0.2) is 4.79 Å². The highest BCUT2D eigenvalue weighted by Crippen LogP contribution is 2.38. The van der Waals surface area contributed by atoms with Gasteiger partial charge in [-0.15, -0.1) is 0 Å².